The molecule has 0 amide bonds. The highest BCUT2D eigenvalue weighted by Gasteiger charge is 2.16. The Morgan fingerprint density at radius 3 is 2.00 bits per heavy atom. The molecule has 0 spiro atoms. The molecule has 0 fully saturated rings. The van der Waals surface area contributed by atoms with Crippen molar-refractivity contribution < 1.29 is 14.4 Å². The SMILES string of the molecule is CCCCCC/C(=N\OC(=O)c1ccccc1)C(=O)c1ccc(Cc2ccccc2)cc1. The summed E-state index contributed by atoms with van der Waals surface area (Å²) in [6.07, 6.45) is 5.32. The van der Waals surface area contributed by atoms with Gasteiger partial charge in [-0.1, -0.05) is 104 Å². The van der Waals surface area contributed by atoms with Crippen LogP contribution in [0.15, 0.2) is 90.1 Å². The van der Waals surface area contributed by atoms with E-state index >= 15 is 0 Å². The maximum absolute atomic E-state index is 13.1. The molecule has 0 aliphatic heterocycles. The normalized spacial score (nSPS) is 11.2. The van der Waals surface area contributed by atoms with Crippen LogP contribution in [0.2, 0.25) is 0 Å². The predicted octanol–water partition coefficient (Wildman–Crippen LogP) is 6.64. The van der Waals surface area contributed by atoms with Gasteiger partial charge in [0.2, 0.25) is 5.78 Å². The standard InChI is InChI=1S/C28H29NO3/c1-2-3-4-11-16-26(29-32-28(31)25-14-9-6-10-15-25)27(30)24-19-17-23(18-20-24)21-22-12-7-5-8-13-22/h5-10,12-15,17-20H,2-4,11,16,21H2,1H3/b29-26+. The molecule has 0 unspecified atom stereocenters. The molecule has 0 N–H and O–H groups in total. The van der Waals surface area contributed by atoms with Crippen molar-refractivity contribution in [2.24, 2.45) is 5.16 Å². The van der Waals surface area contributed by atoms with E-state index in [2.05, 4.69) is 24.2 Å². The van der Waals surface area contributed by atoms with Crippen molar-refractivity contribution in [3.05, 3.63) is 107 Å². The van der Waals surface area contributed by atoms with Crippen LogP contribution < -0.4 is 0 Å². The first-order valence-corrected chi connectivity index (χ1v) is 11.2. The molecule has 0 saturated heterocycles. The molecule has 164 valence electrons. The zero-order chi connectivity index (χ0) is 22.6. The van der Waals surface area contributed by atoms with Gasteiger partial charge >= 0.3 is 5.97 Å². The highest BCUT2D eigenvalue weighted by atomic mass is 16.7. The second-order valence-electron chi connectivity index (χ2n) is 7.78. The molecule has 0 saturated carbocycles. The lowest BCUT2D eigenvalue weighted by molar-refractivity contribution is 0.0514. The largest absolute Gasteiger partial charge is 0.365 e. The molecule has 0 heterocycles. The Hall–Kier alpha value is -3.53. The molecular weight excluding hydrogens is 398 g/mol. The Morgan fingerprint density at radius 2 is 1.34 bits per heavy atom. The van der Waals surface area contributed by atoms with Crippen molar-refractivity contribution in [1.82, 2.24) is 0 Å². The first kappa shape index (κ1) is 23.1. The Labute approximate surface area is 189 Å². The Kier molecular flexibility index (Phi) is 8.93. The summed E-state index contributed by atoms with van der Waals surface area (Å²) in [4.78, 5) is 30.5. The first-order valence-electron chi connectivity index (χ1n) is 11.2. The number of oxime groups is 1. The fourth-order valence-electron chi connectivity index (χ4n) is 3.42. The molecule has 3 rings (SSSR count). The first-order chi connectivity index (χ1) is 15.7. The maximum Gasteiger partial charge on any atom is 0.365 e. The summed E-state index contributed by atoms with van der Waals surface area (Å²) in [7, 11) is 0. The smallest absolute Gasteiger partial charge is 0.312 e. The number of unbranched alkanes of at least 4 members (excludes halogenated alkanes) is 3. The number of benzene rings is 3. The average Bonchev–Trinajstić information content (AvgIpc) is 2.84. The summed E-state index contributed by atoms with van der Waals surface area (Å²) in [5.74, 6) is -0.767. The van der Waals surface area contributed by atoms with Crippen molar-refractivity contribution in [3.63, 3.8) is 0 Å². The molecule has 4 nitrogen and oxygen atoms in total. The fourth-order valence-corrected chi connectivity index (χ4v) is 3.42. The van der Waals surface area contributed by atoms with E-state index in [-0.39, 0.29) is 11.5 Å². The summed E-state index contributed by atoms with van der Waals surface area (Å²) >= 11 is 0. The van der Waals surface area contributed by atoms with Crippen LogP contribution in [0.4, 0.5) is 0 Å². The lowest BCUT2D eigenvalue weighted by Crippen LogP contribution is -2.16. The molecule has 3 aromatic carbocycles. The summed E-state index contributed by atoms with van der Waals surface area (Å²) in [5, 5.41) is 3.98. The lowest BCUT2D eigenvalue weighted by atomic mass is 9.99. The second kappa shape index (κ2) is 12.4. The zero-order valence-electron chi connectivity index (χ0n) is 18.5. The molecular formula is C28H29NO3. The van der Waals surface area contributed by atoms with E-state index in [0.29, 0.717) is 17.5 Å². The molecule has 0 aliphatic rings. The molecule has 0 radical (unpaired) electrons. The number of carbonyl (C=O) groups excluding carboxylic acids is 2. The Morgan fingerprint density at radius 1 is 0.719 bits per heavy atom. The van der Waals surface area contributed by atoms with Crippen molar-refractivity contribution in [3.8, 4) is 0 Å². The van der Waals surface area contributed by atoms with Gasteiger partial charge in [0.05, 0.1) is 5.56 Å². The highest BCUT2D eigenvalue weighted by Crippen LogP contribution is 2.14. The van der Waals surface area contributed by atoms with Gasteiger partial charge in [-0.05, 0) is 42.5 Å². The number of hydrogen-bond acceptors (Lipinski definition) is 4. The summed E-state index contributed by atoms with van der Waals surface area (Å²) in [5.41, 5.74) is 3.58. The van der Waals surface area contributed by atoms with Gasteiger partial charge in [-0.2, -0.15) is 0 Å². The molecule has 4 heteroatoms. The minimum atomic E-state index is -0.567. The lowest BCUT2D eigenvalue weighted by Gasteiger charge is -2.07. The van der Waals surface area contributed by atoms with E-state index in [1.165, 1.54) is 5.56 Å². The number of rotatable bonds is 11. The van der Waals surface area contributed by atoms with E-state index < -0.39 is 5.97 Å². The number of hydrogen-bond donors (Lipinski definition) is 0. The van der Waals surface area contributed by atoms with Gasteiger partial charge in [0.15, 0.2) is 0 Å². The van der Waals surface area contributed by atoms with Crippen LogP contribution >= 0.6 is 0 Å². The molecule has 0 aliphatic carbocycles. The van der Waals surface area contributed by atoms with Crippen LogP contribution in [-0.2, 0) is 11.3 Å². The molecule has 32 heavy (non-hydrogen) atoms. The number of nitrogens with zero attached hydrogens (tertiary/aromatic N) is 1. The van der Waals surface area contributed by atoms with Crippen molar-refractivity contribution in [1.29, 1.82) is 0 Å². The third-order valence-electron chi connectivity index (χ3n) is 5.24. The molecule has 0 bridgehead atoms. The quantitative estimate of drug-likeness (QED) is 0.113. The van der Waals surface area contributed by atoms with Crippen molar-refractivity contribution in [2.75, 3.05) is 0 Å². The van der Waals surface area contributed by atoms with Crippen molar-refractivity contribution >= 4 is 17.5 Å². The Balaban J connectivity index is 1.71. The number of carbonyl (C=O) groups is 2. The van der Waals surface area contributed by atoms with Gasteiger partial charge in [-0.25, -0.2) is 4.79 Å². The predicted molar refractivity (Wildman–Crippen MR) is 128 cm³/mol. The van der Waals surface area contributed by atoms with Gasteiger partial charge in [0, 0.05) is 5.56 Å². The van der Waals surface area contributed by atoms with Gasteiger partial charge in [0.1, 0.15) is 5.71 Å². The van der Waals surface area contributed by atoms with Crippen molar-refractivity contribution in [2.45, 2.75) is 45.4 Å². The van der Waals surface area contributed by atoms with Gasteiger partial charge in [-0.3, -0.25) is 4.79 Å². The zero-order valence-corrected chi connectivity index (χ0v) is 18.5. The van der Waals surface area contributed by atoms with E-state index in [4.69, 9.17) is 4.84 Å². The van der Waals surface area contributed by atoms with Crippen LogP contribution in [0.1, 0.15) is 70.9 Å². The van der Waals surface area contributed by atoms with Gasteiger partial charge < -0.3 is 4.84 Å². The number of Topliss-reactive ketones (excluding diaryl/α,β-unsaturated/α-hetero) is 1. The summed E-state index contributed by atoms with van der Waals surface area (Å²) in [6.45, 7) is 2.14. The fraction of sp³-hybridized carbons (Fsp3) is 0.250. The third-order valence-corrected chi connectivity index (χ3v) is 5.24. The molecule has 0 aromatic heterocycles. The Bertz CT molecular complexity index is 1030. The minimum absolute atomic E-state index is 0.200. The number of ketones is 1. The second-order valence-corrected chi connectivity index (χ2v) is 7.78. The highest BCUT2D eigenvalue weighted by molar-refractivity contribution is 6.45. The van der Waals surface area contributed by atoms with E-state index in [1.807, 2.05) is 48.5 Å². The van der Waals surface area contributed by atoms with Crippen LogP contribution in [0, 0.1) is 0 Å². The average molecular weight is 428 g/mol. The van der Waals surface area contributed by atoms with Crippen LogP contribution in [-0.4, -0.2) is 17.5 Å². The maximum atomic E-state index is 13.1. The summed E-state index contributed by atoms with van der Waals surface area (Å²) < 4.78 is 0. The van der Waals surface area contributed by atoms with E-state index in [1.54, 1.807) is 24.3 Å². The minimum Gasteiger partial charge on any atom is -0.312 e. The van der Waals surface area contributed by atoms with Crippen LogP contribution in [0.3, 0.4) is 0 Å². The molecule has 0 atom stereocenters. The van der Waals surface area contributed by atoms with E-state index in [0.717, 1.165) is 37.7 Å². The van der Waals surface area contributed by atoms with E-state index in [9.17, 15) is 9.59 Å². The summed E-state index contributed by atoms with van der Waals surface area (Å²) in [6, 6.07) is 26.4. The van der Waals surface area contributed by atoms with Crippen LogP contribution in [0.5, 0.6) is 0 Å². The topological polar surface area (TPSA) is 55.7 Å². The molecule has 3 aromatic rings. The van der Waals surface area contributed by atoms with Gasteiger partial charge in [0.25, 0.3) is 0 Å². The van der Waals surface area contributed by atoms with Crippen LogP contribution in [0.25, 0.3) is 0 Å². The third kappa shape index (κ3) is 7.02. The van der Waals surface area contributed by atoms with Gasteiger partial charge in [-0.15, -0.1) is 0 Å². The monoisotopic (exact) mass is 427 g/mol.